The molecule has 0 spiro atoms. The SMILES string of the molecule is CC(F)CNc1nc(=O)n(-c2ccccc2)c2cc(C3CC3)ccc12. The Balaban J connectivity index is 1.94. The molecule has 0 radical (unpaired) electrons. The van der Waals surface area contributed by atoms with Crippen LogP contribution in [-0.2, 0) is 0 Å². The molecular weight excluding hydrogens is 317 g/mol. The molecular formula is C20H20FN3O. The number of rotatable bonds is 5. The van der Waals surface area contributed by atoms with Gasteiger partial charge >= 0.3 is 5.69 Å². The van der Waals surface area contributed by atoms with Gasteiger partial charge in [0.1, 0.15) is 12.0 Å². The van der Waals surface area contributed by atoms with Crippen molar-refractivity contribution in [3.05, 3.63) is 64.6 Å². The number of fused-ring (bicyclic) bond motifs is 1. The van der Waals surface area contributed by atoms with Crippen LogP contribution >= 0.6 is 0 Å². The Bertz CT molecular complexity index is 962. The van der Waals surface area contributed by atoms with Gasteiger partial charge in [-0.3, -0.25) is 4.57 Å². The second-order valence-electron chi connectivity index (χ2n) is 6.63. The third-order valence-electron chi connectivity index (χ3n) is 4.53. The molecule has 1 fully saturated rings. The Morgan fingerprint density at radius 2 is 2.00 bits per heavy atom. The van der Waals surface area contributed by atoms with Crippen LogP contribution in [-0.4, -0.2) is 22.3 Å². The molecule has 2 aromatic carbocycles. The second-order valence-corrected chi connectivity index (χ2v) is 6.63. The molecule has 1 aliphatic carbocycles. The van der Waals surface area contributed by atoms with Gasteiger partial charge in [-0.05, 0) is 55.5 Å². The van der Waals surface area contributed by atoms with Crippen molar-refractivity contribution in [1.29, 1.82) is 0 Å². The topological polar surface area (TPSA) is 46.9 Å². The zero-order valence-corrected chi connectivity index (χ0v) is 14.1. The summed E-state index contributed by atoms with van der Waals surface area (Å²) in [6.07, 6.45) is 1.37. The van der Waals surface area contributed by atoms with Gasteiger partial charge in [0.2, 0.25) is 0 Å². The van der Waals surface area contributed by atoms with E-state index in [9.17, 15) is 9.18 Å². The predicted octanol–water partition coefficient (Wildman–Crippen LogP) is 4.03. The maximum atomic E-state index is 13.2. The number of halogens is 1. The van der Waals surface area contributed by atoms with E-state index in [0.717, 1.165) is 16.6 Å². The summed E-state index contributed by atoms with van der Waals surface area (Å²) in [6, 6.07) is 15.6. The van der Waals surface area contributed by atoms with Crippen LogP contribution in [0.3, 0.4) is 0 Å². The summed E-state index contributed by atoms with van der Waals surface area (Å²) in [7, 11) is 0. The highest BCUT2D eigenvalue weighted by Crippen LogP contribution is 2.41. The maximum absolute atomic E-state index is 13.2. The van der Waals surface area contributed by atoms with Crippen molar-refractivity contribution in [1.82, 2.24) is 9.55 Å². The summed E-state index contributed by atoms with van der Waals surface area (Å²) in [4.78, 5) is 16.9. The van der Waals surface area contributed by atoms with E-state index in [1.165, 1.54) is 25.3 Å². The fourth-order valence-electron chi connectivity index (χ4n) is 3.11. The lowest BCUT2D eigenvalue weighted by Gasteiger charge is -2.15. The van der Waals surface area contributed by atoms with Crippen LogP contribution in [0, 0.1) is 0 Å². The molecule has 0 aliphatic heterocycles. The normalized spacial score (nSPS) is 15.3. The van der Waals surface area contributed by atoms with E-state index in [0.29, 0.717) is 11.7 Å². The van der Waals surface area contributed by atoms with Crippen molar-refractivity contribution in [2.75, 3.05) is 11.9 Å². The molecule has 0 amide bonds. The second kappa shape index (κ2) is 6.31. The molecule has 0 bridgehead atoms. The van der Waals surface area contributed by atoms with E-state index in [2.05, 4.69) is 22.4 Å². The molecule has 5 heteroatoms. The van der Waals surface area contributed by atoms with Crippen molar-refractivity contribution < 1.29 is 4.39 Å². The van der Waals surface area contributed by atoms with E-state index in [1.54, 1.807) is 4.57 Å². The number of nitrogens with zero attached hydrogens (tertiary/aromatic N) is 2. The van der Waals surface area contributed by atoms with E-state index in [-0.39, 0.29) is 12.2 Å². The molecule has 0 saturated heterocycles. The fraction of sp³-hybridized carbons (Fsp3) is 0.300. The van der Waals surface area contributed by atoms with Crippen molar-refractivity contribution >= 4 is 16.7 Å². The van der Waals surface area contributed by atoms with E-state index < -0.39 is 6.17 Å². The summed E-state index contributed by atoms with van der Waals surface area (Å²) in [5, 5.41) is 3.80. The van der Waals surface area contributed by atoms with Gasteiger partial charge < -0.3 is 5.32 Å². The number of hydrogen-bond donors (Lipinski definition) is 1. The van der Waals surface area contributed by atoms with Gasteiger partial charge in [-0.1, -0.05) is 24.3 Å². The Labute approximate surface area is 145 Å². The van der Waals surface area contributed by atoms with E-state index in [4.69, 9.17) is 0 Å². The molecule has 25 heavy (non-hydrogen) atoms. The Hall–Kier alpha value is -2.69. The standard InChI is InChI=1S/C20H20FN3O/c1-13(21)12-22-19-17-10-9-15(14-7-8-14)11-18(17)24(20(25)23-19)16-5-3-2-4-6-16/h2-6,9-11,13-14H,7-8,12H2,1H3,(H,22,23,25). The van der Waals surface area contributed by atoms with E-state index in [1.807, 2.05) is 36.4 Å². The lowest BCUT2D eigenvalue weighted by atomic mass is 10.1. The summed E-state index contributed by atoms with van der Waals surface area (Å²) < 4.78 is 14.9. The lowest BCUT2D eigenvalue weighted by molar-refractivity contribution is 0.378. The minimum absolute atomic E-state index is 0.126. The van der Waals surface area contributed by atoms with Crippen LogP contribution in [0.1, 0.15) is 31.2 Å². The van der Waals surface area contributed by atoms with Gasteiger partial charge in [0, 0.05) is 11.9 Å². The Morgan fingerprint density at radius 1 is 1.24 bits per heavy atom. The third-order valence-corrected chi connectivity index (χ3v) is 4.53. The molecule has 1 heterocycles. The number of anilines is 1. The molecule has 1 unspecified atom stereocenters. The molecule has 1 saturated carbocycles. The highest BCUT2D eigenvalue weighted by molar-refractivity contribution is 5.91. The molecule has 4 nitrogen and oxygen atoms in total. The number of para-hydroxylation sites is 1. The summed E-state index contributed by atoms with van der Waals surface area (Å²) >= 11 is 0. The van der Waals surface area contributed by atoms with Crippen LogP contribution in [0.2, 0.25) is 0 Å². The minimum atomic E-state index is -1.01. The van der Waals surface area contributed by atoms with Crippen LogP contribution < -0.4 is 11.0 Å². The molecule has 128 valence electrons. The van der Waals surface area contributed by atoms with E-state index >= 15 is 0 Å². The van der Waals surface area contributed by atoms with Crippen molar-refractivity contribution in [3.8, 4) is 5.69 Å². The summed E-state index contributed by atoms with van der Waals surface area (Å²) in [5.74, 6) is 1.03. The maximum Gasteiger partial charge on any atom is 0.354 e. The molecule has 4 rings (SSSR count). The first kappa shape index (κ1) is 15.8. The average molecular weight is 337 g/mol. The van der Waals surface area contributed by atoms with Crippen LogP contribution in [0.5, 0.6) is 0 Å². The van der Waals surface area contributed by atoms with Gasteiger partial charge in [-0.15, -0.1) is 0 Å². The van der Waals surface area contributed by atoms with Crippen molar-refractivity contribution in [2.24, 2.45) is 0 Å². The van der Waals surface area contributed by atoms with Gasteiger partial charge in [0.25, 0.3) is 0 Å². The first-order chi connectivity index (χ1) is 12.1. The fourth-order valence-corrected chi connectivity index (χ4v) is 3.11. The third kappa shape index (κ3) is 3.14. The number of aromatic nitrogens is 2. The summed E-state index contributed by atoms with van der Waals surface area (Å²) in [6.45, 7) is 1.60. The average Bonchev–Trinajstić information content (AvgIpc) is 3.45. The number of hydrogen-bond acceptors (Lipinski definition) is 3. The van der Waals surface area contributed by atoms with Crippen LogP contribution in [0.25, 0.3) is 16.6 Å². The first-order valence-electron chi connectivity index (χ1n) is 8.63. The number of nitrogens with one attached hydrogen (secondary N) is 1. The summed E-state index contributed by atoms with van der Waals surface area (Å²) in [5.41, 5.74) is 2.47. The molecule has 3 aromatic rings. The predicted molar refractivity (Wildman–Crippen MR) is 98.4 cm³/mol. The zero-order chi connectivity index (χ0) is 17.4. The smallest absolute Gasteiger partial charge is 0.354 e. The van der Waals surface area contributed by atoms with Crippen molar-refractivity contribution in [2.45, 2.75) is 31.9 Å². The zero-order valence-electron chi connectivity index (χ0n) is 14.1. The lowest BCUT2D eigenvalue weighted by Crippen LogP contribution is -2.24. The van der Waals surface area contributed by atoms with Gasteiger partial charge in [-0.25, -0.2) is 9.18 Å². The van der Waals surface area contributed by atoms with Crippen molar-refractivity contribution in [3.63, 3.8) is 0 Å². The van der Waals surface area contributed by atoms with Gasteiger partial charge in [0.15, 0.2) is 0 Å². The van der Waals surface area contributed by atoms with Crippen LogP contribution in [0.4, 0.5) is 10.2 Å². The Kier molecular flexibility index (Phi) is 3.99. The highest BCUT2D eigenvalue weighted by atomic mass is 19.1. The van der Waals surface area contributed by atoms with Gasteiger partial charge in [-0.2, -0.15) is 4.98 Å². The largest absolute Gasteiger partial charge is 0.366 e. The quantitative estimate of drug-likeness (QED) is 0.764. The molecule has 1 N–H and O–H groups in total. The highest BCUT2D eigenvalue weighted by Gasteiger charge is 2.24. The van der Waals surface area contributed by atoms with Gasteiger partial charge in [0.05, 0.1) is 11.2 Å². The number of benzene rings is 2. The molecule has 1 aliphatic rings. The van der Waals surface area contributed by atoms with Crippen LogP contribution in [0.15, 0.2) is 53.3 Å². The Morgan fingerprint density at radius 3 is 2.68 bits per heavy atom. The molecule has 1 aromatic heterocycles. The monoisotopic (exact) mass is 337 g/mol. The number of alkyl halides is 1. The minimum Gasteiger partial charge on any atom is -0.366 e. The molecule has 1 atom stereocenters. The first-order valence-corrected chi connectivity index (χ1v) is 8.63.